The number of aliphatic hydroxyl groups is 5. The molecule has 1 rings (SSSR count). The fourth-order valence-corrected chi connectivity index (χ4v) is 1.72. The summed E-state index contributed by atoms with van der Waals surface area (Å²) in [4.78, 5) is 11.6. The minimum atomic E-state index is -1.74. The summed E-state index contributed by atoms with van der Waals surface area (Å²) in [6.45, 7) is -1.13. The van der Waals surface area contributed by atoms with Gasteiger partial charge in [-0.1, -0.05) is 11.6 Å². The molecule has 0 unspecified atom stereocenters. The lowest BCUT2D eigenvalue weighted by atomic mass is 10.0. The first-order valence-electron chi connectivity index (χ1n) is 6.48. The predicted molar refractivity (Wildman–Crippen MR) is 79.6 cm³/mol. The molecule has 1 aromatic carbocycles. The third-order valence-electron chi connectivity index (χ3n) is 2.90. The summed E-state index contributed by atoms with van der Waals surface area (Å²) in [7, 11) is 0. The van der Waals surface area contributed by atoms with Crippen LogP contribution in [-0.2, 0) is 0 Å². The molecule has 0 saturated carbocycles. The van der Waals surface area contributed by atoms with E-state index in [1.165, 1.54) is 0 Å². The first-order chi connectivity index (χ1) is 10.3. The van der Waals surface area contributed by atoms with Crippen molar-refractivity contribution >= 4 is 23.3 Å². The monoisotopic (exact) mass is 334 g/mol. The summed E-state index contributed by atoms with van der Waals surface area (Å²) < 4.78 is 0. The Morgan fingerprint density at radius 1 is 1.05 bits per heavy atom. The SMILES string of the molecule is O=C(NC[C@H](O)[C@@H](O)[C@H](O)[C@H](O)CO)Nc1ccc(Cl)cc1. The van der Waals surface area contributed by atoms with E-state index in [4.69, 9.17) is 21.8 Å². The van der Waals surface area contributed by atoms with Crippen molar-refractivity contribution in [2.75, 3.05) is 18.5 Å². The normalized spacial score (nSPS) is 16.5. The van der Waals surface area contributed by atoms with Gasteiger partial charge in [-0.15, -0.1) is 0 Å². The Morgan fingerprint density at radius 2 is 1.59 bits per heavy atom. The third-order valence-corrected chi connectivity index (χ3v) is 3.15. The summed E-state index contributed by atoms with van der Waals surface area (Å²) in [5, 5.41) is 51.7. The fraction of sp³-hybridized carbons (Fsp3) is 0.462. The topological polar surface area (TPSA) is 142 Å². The smallest absolute Gasteiger partial charge is 0.319 e. The highest BCUT2D eigenvalue weighted by Crippen LogP contribution is 2.13. The van der Waals surface area contributed by atoms with Crippen LogP contribution in [0, 0.1) is 0 Å². The van der Waals surface area contributed by atoms with E-state index >= 15 is 0 Å². The first-order valence-corrected chi connectivity index (χ1v) is 6.86. The van der Waals surface area contributed by atoms with Crippen molar-refractivity contribution in [3.05, 3.63) is 29.3 Å². The van der Waals surface area contributed by atoms with E-state index in [1.54, 1.807) is 24.3 Å². The Hall–Kier alpha value is -1.42. The minimum Gasteiger partial charge on any atom is -0.394 e. The molecule has 0 radical (unpaired) electrons. The molecule has 4 atom stereocenters. The van der Waals surface area contributed by atoms with Gasteiger partial charge in [-0.05, 0) is 24.3 Å². The van der Waals surface area contributed by atoms with E-state index in [1.807, 2.05) is 0 Å². The number of carbonyl (C=O) groups is 1. The maximum Gasteiger partial charge on any atom is 0.319 e. The summed E-state index contributed by atoms with van der Waals surface area (Å²) >= 11 is 5.70. The van der Waals surface area contributed by atoms with Crippen LogP contribution in [0.3, 0.4) is 0 Å². The number of rotatable bonds is 7. The summed E-state index contributed by atoms with van der Waals surface area (Å²) in [5.41, 5.74) is 0.479. The highest BCUT2D eigenvalue weighted by Gasteiger charge is 2.30. The molecule has 0 saturated heterocycles. The second kappa shape index (κ2) is 8.89. The molecular formula is C13H19ClN2O6. The molecule has 0 aliphatic heterocycles. The van der Waals surface area contributed by atoms with Crippen molar-refractivity contribution < 1.29 is 30.3 Å². The average molecular weight is 335 g/mol. The van der Waals surface area contributed by atoms with Crippen molar-refractivity contribution in [3.8, 4) is 0 Å². The molecule has 0 fully saturated rings. The predicted octanol–water partition coefficient (Wildman–Crippen LogP) is -1.10. The Labute approximate surface area is 132 Å². The van der Waals surface area contributed by atoms with Gasteiger partial charge >= 0.3 is 6.03 Å². The number of hydrogen-bond acceptors (Lipinski definition) is 6. The van der Waals surface area contributed by atoms with Crippen LogP contribution in [0.1, 0.15) is 0 Å². The summed E-state index contributed by atoms with van der Waals surface area (Å²) in [6.07, 6.45) is -6.57. The van der Waals surface area contributed by atoms with E-state index in [-0.39, 0.29) is 6.54 Å². The number of hydrogen-bond donors (Lipinski definition) is 7. The highest BCUT2D eigenvalue weighted by molar-refractivity contribution is 6.30. The van der Waals surface area contributed by atoms with Crippen LogP contribution in [0.5, 0.6) is 0 Å². The van der Waals surface area contributed by atoms with Crippen LogP contribution in [0.2, 0.25) is 5.02 Å². The number of urea groups is 1. The van der Waals surface area contributed by atoms with E-state index in [0.717, 1.165) is 0 Å². The molecule has 22 heavy (non-hydrogen) atoms. The number of halogens is 1. The third kappa shape index (κ3) is 5.76. The van der Waals surface area contributed by atoms with Gasteiger partial charge in [-0.25, -0.2) is 4.79 Å². The van der Waals surface area contributed by atoms with Crippen LogP contribution in [-0.4, -0.2) is 69.1 Å². The van der Waals surface area contributed by atoms with E-state index in [2.05, 4.69) is 10.6 Å². The largest absolute Gasteiger partial charge is 0.394 e. The van der Waals surface area contributed by atoms with Crippen molar-refractivity contribution in [1.29, 1.82) is 0 Å². The highest BCUT2D eigenvalue weighted by atomic mass is 35.5. The van der Waals surface area contributed by atoms with Crippen molar-refractivity contribution in [2.45, 2.75) is 24.4 Å². The molecule has 9 heteroatoms. The molecule has 2 amide bonds. The average Bonchev–Trinajstić information content (AvgIpc) is 2.52. The van der Waals surface area contributed by atoms with E-state index in [9.17, 15) is 20.1 Å². The van der Waals surface area contributed by atoms with Crippen molar-refractivity contribution in [1.82, 2.24) is 5.32 Å². The number of aliphatic hydroxyl groups excluding tert-OH is 5. The van der Waals surface area contributed by atoms with Gasteiger partial charge in [0.15, 0.2) is 0 Å². The van der Waals surface area contributed by atoms with E-state index in [0.29, 0.717) is 10.7 Å². The van der Waals surface area contributed by atoms with Gasteiger partial charge in [-0.2, -0.15) is 0 Å². The zero-order valence-electron chi connectivity index (χ0n) is 11.6. The molecule has 0 spiro atoms. The van der Waals surface area contributed by atoms with Crippen LogP contribution >= 0.6 is 11.6 Å². The zero-order valence-corrected chi connectivity index (χ0v) is 12.3. The lowest BCUT2D eigenvalue weighted by Gasteiger charge is -2.25. The molecule has 124 valence electrons. The van der Waals surface area contributed by atoms with E-state index < -0.39 is 37.1 Å². The molecule has 0 heterocycles. The van der Waals surface area contributed by atoms with Gasteiger partial charge in [0.25, 0.3) is 0 Å². The molecule has 0 aliphatic carbocycles. The number of benzene rings is 1. The quantitative estimate of drug-likeness (QED) is 0.337. The minimum absolute atomic E-state index is 0.365. The molecule has 0 aromatic heterocycles. The Morgan fingerprint density at radius 3 is 2.14 bits per heavy atom. The molecule has 7 N–H and O–H groups in total. The maximum absolute atomic E-state index is 11.6. The number of nitrogens with one attached hydrogen (secondary N) is 2. The van der Waals surface area contributed by atoms with Crippen molar-refractivity contribution in [3.63, 3.8) is 0 Å². The molecule has 0 aliphatic rings. The Balaban J connectivity index is 2.41. The first kappa shape index (κ1) is 18.6. The van der Waals surface area contributed by atoms with Crippen LogP contribution in [0.4, 0.5) is 10.5 Å². The number of carbonyl (C=O) groups excluding carboxylic acids is 1. The van der Waals surface area contributed by atoms with Gasteiger partial charge in [0.2, 0.25) is 0 Å². The molecule has 1 aromatic rings. The summed E-state index contributed by atoms with van der Waals surface area (Å²) in [5.74, 6) is 0. The van der Waals surface area contributed by atoms with Crippen LogP contribution < -0.4 is 10.6 Å². The second-order valence-electron chi connectivity index (χ2n) is 4.64. The lowest BCUT2D eigenvalue weighted by molar-refractivity contribution is -0.113. The van der Waals surface area contributed by atoms with Gasteiger partial charge < -0.3 is 36.2 Å². The van der Waals surface area contributed by atoms with Gasteiger partial charge in [0.05, 0.1) is 12.7 Å². The van der Waals surface area contributed by atoms with Gasteiger partial charge in [0.1, 0.15) is 18.3 Å². The summed E-state index contributed by atoms with van der Waals surface area (Å²) in [6, 6.07) is 5.69. The molecule has 0 bridgehead atoms. The van der Waals surface area contributed by atoms with Crippen LogP contribution in [0.15, 0.2) is 24.3 Å². The fourth-order valence-electron chi connectivity index (χ4n) is 1.59. The number of anilines is 1. The molecular weight excluding hydrogens is 316 g/mol. The van der Waals surface area contributed by atoms with Crippen molar-refractivity contribution in [2.24, 2.45) is 0 Å². The maximum atomic E-state index is 11.6. The zero-order chi connectivity index (χ0) is 16.7. The van der Waals surface area contributed by atoms with Crippen LogP contribution in [0.25, 0.3) is 0 Å². The lowest BCUT2D eigenvalue weighted by Crippen LogP contribution is -2.50. The van der Waals surface area contributed by atoms with Gasteiger partial charge in [0, 0.05) is 17.3 Å². The molecule has 8 nitrogen and oxygen atoms in total. The standard InChI is InChI=1S/C13H19ClN2O6/c14-7-1-3-8(4-2-7)16-13(22)15-5-9(18)11(20)12(21)10(19)6-17/h1-4,9-12,17-21H,5-6H2,(H2,15,16,22)/t9-,10+,11+,12+/m0/s1. The Bertz CT molecular complexity index is 472. The Kier molecular flexibility index (Phi) is 7.52. The second-order valence-corrected chi connectivity index (χ2v) is 5.08. The number of amides is 2. The van der Waals surface area contributed by atoms with Gasteiger partial charge in [-0.3, -0.25) is 0 Å².